The molecule has 0 aromatic carbocycles. The van der Waals surface area contributed by atoms with Crippen LogP contribution in [0.2, 0.25) is 0 Å². The van der Waals surface area contributed by atoms with Crippen molar-refractivity contribution in [2.24, 2.45) is 0 Å². The average molecular weight is 190 g/mol. The van der Waals surface area contributed by atoms with Crippen molar-refractivity contribution in [2.75, 3.05) is 11.1 Å². The van der Waals surface area contributed by atoms with E-state index < -0.39 is 0 Å². The molecular formula is C8H10N6. The molecule has 0 saturated heterocycles. The fourth-order valence-electron chi connectivity index (χ4n) is 1.04. The first kappa shape index (κ1) is 8.49. The number of rotatable bonds is 3. The van der Waals surface area contributed by atoms with Gasteiger partial charge in [0, 0.05) is 18.3 Å². The summed E-state index contributed by atoms with van der Waals surface area (Å²) in [7, 11) is 0. The molecule has 2 aromatic rings. The van der Waals surface area contributed by atoms with Crippen LogP contribution >= 0.6 is 0 Å². The van der Waals surface area contributed by atoms with Gasteiger partial charge >= 0.3 is 0 Å². The van der Waals surface area contributed by atoms with Crippen molar-refractivity contribution in [3.63, 3.8) is 0 Å². The summed E-state index contributed by atoms with van der Waals surface area (Å²) in [4.78, 5) is 0. The third-order valence-corrected chi connectivity index (χ3v) is 1.78. The van der Waals surface area contributed by atoms with E-state index in [0.717, 1.165) is 5.56 Å². The van der Waals surface area contributed by atoms with Crippen molar-refractivity contribution >= 4 is 11.6 Å². The molecule has 0 atom stereocenters. The molecule has 6 heteroatoms. The summed E-state index contributed by atoms with van der Waals surface area (Å²) in [6.07, 6.45) is 3.30. The molecular weight excluding hydrogens is 180 g/mol. The first-order chi connectivity index (χ1) is 6.86. The van der Waals surface area contributed by atoms with E-state index in [1.54, 1.807) is 12.4 Å². The van der Waals surface area contributed by atoms with Crippen LogP contribution in [0, 0.1) is 0 Å². The Bertz CT molecular complexity index is 395. The normalized spacial score (nSPS) is 10.0. The summed E-state index contributed by atoms with van der Waals surface area (Å²) in [6, 6.07) is 3.65. The van der Waals surface area contributed by atoms with E-state index in [0.29, 0.717) is 18.2 Å². The summed E-state index contributed by atoms with van der Waals surface area (Å²) in [5, 5.41) is 17.2. The SMILES string of the molecule is Nc1[nH]ncc1CNc1cccnn1. The Morgan fingerprint density at radius 3 is 3.07 bits per heavy atom. The monoisotopic (exact) mass is 190 g/mol. The van der Waals surface area contributed by atoms with Crippen molar-refractivity contribution in [1.29, 1.82) is 0 Å². The molecule has 0 spiro atoms. The molecule has 0 amide bonds. The van der Waals surface area contributed by atoms with E-state index in [9.17, 15) is 0 Å². The minimum Gasteiger partial charge on any atom is -0.384 e. The van der Waals surface area contributed by atoms with Gasteiger partial charge in [0.2, 0.25) is 0 Å². The number of nitrogens with zero attached hydrogens (tertiary/aromatic N) is 3. The summed E-state index contributed by atoms with van der Waals surface area (Å²) in [5.41, 5.74) is 6.52. The number of nitrogens with two attached hydrogens (primary N) is 1. The quantitative estimate of drug-likeness (QED) is 0.651. The Balaban J connectivity index is 1.99. The highest BCUT2D eigenvalue weighted by atomic mass is 15.2. The predicted molar refractivity (Wildman–Crippen MR) is 52.4 cm³/mol. The first-order valence-electron chi connectivity index (χ1n) is 4.15. The van der Waals surface area contributed by atoms with Crippen LogP contribution in [0.3, 0.4) is 0 Å². The number of hydrogen-bond donors (Lipinski definition) is 3. The van der Waals surface area contributed by atoms with Gasteiger partial charge in [0.25, 0.3) is 0 Å². The van der Waals surface area contributed by atoms with E-state index in [2.05, 4.69) is 25.7 Å². The summed E-state index contributed by atoms with van der Waals surface area (Å²) in [6.45, 7) is 0.584. The summed E-state index contributed by atoms with van der Waals surface area (Å²) < 4.78 is 0. The second-order valence-corrected chi connectivity index (χ2v) is 2.77. The van der Waals surface area contributed by atoms with E-state index in [-0.39, 0.29) is 0 Å². The highest BCUT2D eigenvalue weighted by molar-refractivity contribution is 5.41. The lowest BCUT2D eigenvalue weighted by atomic mass is 10.3. The van der Waals surface area contributed by atoms with E-state index in [1.165, 1.54) is 0 Å². The van der Waals surface area contributed by atoms with Gasteiger partial charge in [-0.2, -0.15) is 10.2 Å². The van der Waals surface area contributed by atoms with Crippen molar-refractivity contribution in [1.82, 2.24) is 20.4 Å². The molecule has 2 heterocycles. The van der Waals surface area contributed by atoms with Crippen LogP contribution in [0.1, 0.15) is 5.56 Å². The second-order valence-electron chi connectivity index (χ2n) is 2.77. The number of anilines is 2. The lowest BCUT2D eigenvalue weighted by Gasteiger charge is -2.02. The molecule has 0 saturated carbocycles. The number of nitrogen functional groups attached to an aromatic ring is 1. The van der Waals surface area contributed by atoms with E-state index in [4.69, 9.17) is 5.73 Å². The minimum absolute atomic E-state index is 0.571. The predicted octanol–water partition coefficient (Wildman–Crippen LogP) is 0.394. The van der Waals surface area contributed by atoms with Crippen molar-refractivity contribution in [2.45, 2.75) is 6.54 Å². The van der Waals surface area contributed by atoms with Gasteiger partial charge in [-0.25, -0.2) is 0 Å². The molecule has 14 heavy (non-hydrogen) atoms. The number of H-pyrrole nitrogens is 1. The Hall–Kier alpha value is -2.11. The molecule has 0 fully saturated rings. The van der Waals surface area contributed by atoms with Crippen LogP contribution < -0.4 is 11.1 Å². The summed E-state index contributed by atoms with van der Waals surface area (Å²) >= 11 is 0. The maximum absolute atomic E-state index is 5.61. The van der Waals surface area contributed by atoms with E-state index in [1.807, 2.05) is 12.1 Å². The van der Waals surface area contributed by atoms with Gasteiger partial charge in [-0.15, -0.1) is 5.10 Å². The van der Waals surface area contributed by atoms with Crippen LogP contribution in [-0.2, 0) is 6.54 Å². The number of hydrogen-bond acceptors (Lipinski definition) is 5. The van der Waals surface area contributed by atoms with E-state index >= 15 is 0 Å². The largest absolute Gasteiger partial charge is 0.384 e. The van der Waals surface area contributed by atoms with Crippen molar-refractivity contribution in [3.8, 4) is 0 Å². The summed E-state index contributed by atoms with van der Waals surface area (Å²) in [5.74, 6) is 1.29. The molecule has 72 valence electrons. The average Bonchev–Trinajstić information content (AvgIpc) is 2.63. The Labute approximate surface area is 80.5 Å². The molecule has 2 aromatic heterocycles. The van der Waals surface area contributed by atoms with Gasteiger partial charge in [0.1, 0.15) is 11.6 Å². The Morgan fingerprint density at radius 1 is 1.50 bits per heavy atom. The minimum atomic E-state index is 0.571. The van der Waals surface area contributed by atoms with Gasteiger partial charge in [-0.1, -0.05) is 0 Å². The zero-order chi connectivity index (χ0) is 9.80. The van der Waals surface area contributed by atoms with Crippen molar-refractivity contribution < 1.29 is 0 Å². The van der Waals surface area contributed by atoms with Gasteiger partial charge in [-0.05, 0) is 12.1 Å². The zero-order valence-corrected chi connectivity index (χ0v) is 7.44. The fraction of sp³-hybridized carbons (Fsp3) is 0.125. The highest BCUT2D eigenvalue weighted by Crippen LogP contribution is 2.08. The topological polar surface area (TPSA) is 92.5 Å². The van der Waals surface area contributed by atoms with Gasteiger partial charge < -0.3 is 11.1 Å². The second kappa shape index (κ2) is 3.73. The number of nitrogens with one attached hydrogen (secondary N) is 2. The lowest BCUT2D eigenvalue weighted by Crippen LogP contribution is -2.03. The molecule has 0 bridgehead atoms. The van der Waals surface area contributed by atoms with Crippen LogP contribution in [0.4, 0.5) is 11.6 Å². The molecule has 2 rings (SSSR count). The maximum Gasteiger partial charge on any atom is 0.148 e. The standard InChI is InChI=1S/C8H10N6/c9-8-6(5-12-14-8)4-10-7-2-1-3-11-13-7/h1-3,5H,4H2,(H,10,13)(H3,9,12,14). The smallest absolute Gasteiger partial charge is 0.148 e. The van der Waals surface area contributed by atoms with Crippen molar-refractivity contribution in [3.05, 3.63) is 30.1 Å². The molecule has 0 unspecified atom stereocenters. The fourth-order valence-corrected chi connectivity index (χ4v) is 1.04. The molecule has 6 nitrogen and oxygen atoms in total. The zero-order valence-electron chi connectivity index (χ0n) is 7.44. The van der Waals surface area contributed by atoms with Gasteiger partial charge in [-0.3, -0.25) is 5.10 Å². The van der Waals surface area contributed by atoms with Crippen LogP contribution in [0.5, 0.6) is 0 Å². The third kappa shape index (κ3) is 1.79. The van der Waals surface area contributed by atoms with Gasteiger partial charge in [0.15, 0.2) is 0 Å². The number of aromatic amines is 1. The Morgan fingerprint density at radius 2 is 2.43 bits per heavy atom. The van der Waals surface area contributed by atoms with Crippen LogP contribution in [-0.4, -0.2) is 20.4 Å². The van der Waals surface area contributed by atoms with Crippen LogP contribution in [0.15, 0.2) is 24.5 Å². The molecule has 0 aliphatic carbocycles. The van der Waals surface area contributed by atoms with Crippen LogP contribution in [0.25, 0.3) is 0 Å². The van der Waals surface area contributed by atoms with Gasteiger partial charge in [0.05, 0.1) is 6.20 Å². The maximum atomic E-state index is 5.61. The molecule has 0 radical (unpaired) electrons. The number of aromatic nitrogens is 4. The molecule has 0 aliphatic rings. The molecule has 4 N–H and O–H groups in total. The lowest BCUT2D eigenvalue weighted by molar-refractivity contribution is 1.00. The highest BCUT2D eigenvalue weighted by Gasteiger charge is 2.00. The third-order valence-electron chi connectivity index (χ3n) is 1.78. The Kier molecular flexibility index (Phi) is 2.26. The molecule has 0 aliphatic heterocycles. The first-order valence-corrected chi connectivity index (χ1v) is 4.15.